The summed E-state index contributed by atoms with van der Waals surface area (Å²) in [7, 11) is 1.63. The summed E-state index contributed by atoms with van der Waals surface area (Å²) in [4.78, 5) is 26.5. The molecule has 0 N–H and O–H groups in total. The Labute approximate surface area is 198 Å². The van der Waals surface area contributed by atoms with E-state index in [2.05, 4.69) is 15.9 Å². The van der Waals surface area contributed by atoms with E-state index in [-0.39, 0.29) is 4.48 Å². The van der Waals surface area contributed by atoms with Gasteiger partial charge in [-0.1, -0.05) is 53.7 Å². The molecule has 3 aromatic carbocycles. The molecule has 32 heavy (non-hydrogen) atoms. The zero-order chi connectivity index (χ0) is 22.8. The van der Waals surface area contributed by atoms with Crippen LogP contribution in [0.4, 0.5) is 0 Å². The predicted molar refractivity (Wildman–Crippen MR) is 128 cm³/mol. The minimum atomic E-state index is -1.08. The number of fused-ring (bicyclic) bond motifs is 1. The van der Waals surface area contributed by atoms with Crippen molar-refractivity contribution in [2.45, 2.75) is 31.0 Å². The van der Waals surface area contributed by atoms with Crippen LogP contribution in [0, 0.1) is 6.92 Å². The number of hydrogen-bond donors (Lipinski definition) is 0. The highest BCUT2D eigenvalue weighted by molar-refractivity contribution is 9.12. The van der Waals surface area contributed by atoms with Gasteiger partial charge in [0.05, 0.1) is 17.9 Å². The summed E-state index contributed by atoms with van der Waals surface area (Å²) in [6.45, 7) is 3.77. The highest BCUT2D eigenvalue weighted by Gasteiger charge is 2.37. The number of rotatable bonds is 6. The fourth-order valence-electron chi connectivity index (χ4n) is 3.29. The summed E-state index contributed by atoms with van der Waals surface area (Å²) < 4.78 is 16.4. The van der Waals surface area contributed by atoms with E-state index in [0.29, 0.717) is 4.91 Å². The van der Waals surface area contributed by atoms with Crippen LogP contribution in [0.3, 0.4) is 0 Å². The molecule has 0 saturated heterocycles. The van der Waals surface area contributed by atoms with Crippen molar-refractivity contribution in [2.24, 2.45) is 0 Å². The molecule has 1 aliphatic rings. The summed E-state index contributed by atoms with van der Waals surface area (Å²) in [5, 5.41) is 2.01. The van der Waals surface area contributed by atoms with Gasteiger partial charge in [0.15, 0.2) is 0 Å². The summed E-state index contributed by atoms with van der Waals surface area (Å²) in [5.41, 5.74) is 1.94. The van der Waals surface area contributed by atoms with Gasteiger partial charge in [0.25, 0.3) is 6.29 Å². The second-order valence-electron chi connectivity index (χ2n) is 7.46. The third kappa shape index (κ3) is 4.69. The first-order chi connectivity index (χ1) is 15.4. The molecular weight excluding hydrogens is 492 g/mol. The maximum absolute atomic E-state index is 12.9. The van der Waals surface area contributed by atoms with E-state index in [9.17, 15) is 9.59 Å². The summed E-state index contributed by atoms with van der Waals surface area (Å²) in [6.07, 6.45) is -1.08. The lowest BCUT2D eigenvalue weighted by Crippen LogP contribution is -2.23. The minimum Gasteiger partial charge on any atom is -0.497 e. The molecule has 0 unspecified atom stereocenters. The molecule has 1 heterocycles. The first-order valence-electron chi connectivity index (χ1n) is 9.99. The topological polar surface area (TPSA) is 61.8 Å². The van der Waals surface area contributed by atoms with Crippen molar-refractivity contribution in [3.63, 3.8) is 0 Å². The molecule has 0 saturated carbocycles. The average molecular weight is 513 g/mol. The maximum Gasteiger partial charge on any atom is 0.349 e. The van der Waals surface area contributed by atoms with Gasteiger partial charge < -0.3 is 14.2 Å². The number of esters is 2. The van der Waals surface area contributed by atoms with Gasteiger partial charge in [-0.05, 0) is 70.4 Å². The normalized spacial score (nSPS) is 16.8. The molecule has 0 fully saturated rings. The minimum absolute atomic E-state index is 0.271. The van der Waals surface area contributed by atoms with Crippen molar-refractivity contribution in [3.8, 4) is 5.75 Å². The number of cyclic esters (lactones) is 1. The lowest BCUT2D eigenvalue weighted by Gasteiger charge is -2.18. The van der Waals surface area contributed by atoms with E-state index in [1.54, 1.807) is 14.0 Å². The zero-order valence-corrected chi connectivity index (χ0v) is 20.2. The van der Waals surface area contributed by atoms with E-state index in [0.717, 1.165) is 32.5 Å². The summed E-state index contributed by atoms with van der Waals surface area (Å²) in [6, 6.07) is 19.4. The van der Waals surface area contributed by atoms with Crippen LogP contribution < -0.4 is 4.74 Å². The number of aryl methyl sites for hydroxylation is 1. The van der Waals surface area contributed by atoms with Crippen molar-refractivity contribution in [2.75, 3.05) is 7.11 Å². The lowest BCUT2D eigenvalue weighted by atomic mass is 9.98. The van der Waals surface area contributed by atoms with E-state index in [1.165, 1.54) is 11.8 Å². The highest BCUT2D eigenvalue weighted by atomic mass is 79.9. The SMILES string of the molecule is COc1ccc2cc([C@H](C)C(=O)O[C@@H]3OC(=O)C(Br)=C3Sc3ccc(C)cc3)ccc2c1. The Morgan fingerprint density at radius 3 is 2.47 bits per heavy atom. The number of carbonyl (C=O) groups is 2. The third-order valence-corrected chi connectivity index (χ3v) is 7.36. The molecule has 0 radical (unpaired) electrons. The van der Waals surface area contributed by atoms with E-state index in [1.807, 2.05) is 67.6 Å². The van der Waals surface area contributed by atoms with Gasteiger partial charge in [-0.15, -0.1) is 0 Å². The highest BCUT2D eigenvalue weighted by Crippen LogP contribution is 2.40. The van der Waals surface area contributed by atoms with Crippen LogP contribution in [-0.4, -0.2) is 25.3 Å². The Hall–Kier alpha value is -2.77. The van der Waals surface area contributed by atoms with E-state index >= 15 is 0 Å². The van der Waals surface area contributed by atoms with Gasteiger partial charge in [0.1, 0.15) is 10.2 Å². The van der Waals surface area contributed by atoms with Crippen molar-refractivity contribution < 1.29 is 23.8 Å². The molecular formula is C25H21BrO5S. The molecule has 1 aliphatic heterocycles. The smallest absolute Gasteiger partial charge is 0.349 e. The van der Waals surface area contributed by atoms with Crippen molar-refractivity contribution >= 4 is 50.4 Å². The number of halogens is 1. The van der Waals surface area contributed by atoms with Gasteiger partial charge in [-0.2, -0.15) is 0 Å². The molecule has 0 bridgehead atoms. The number of benzene rings is 3. The number of thioether (sulfide) groups is 1. The van der Waals surface area contributed by atoms with Crippen LogP contribution in [0.1, 0.15) is 24.0 Å². The van der Waals surface area contributed by atoms with Gasteiger partial charge in [0, 0.05) is 4.90 Å². The average Bonchev–Trinajstić information content (AvgIpc) is 3.06. The summed E-state index contributed by atoms with van der Waals surface area (Å²) in [5.74, 6) is -0.786. The Morgan fingerprint density at radius 2 is 1.75 bits per heavy atom. The van der Waals surface area contributed by atoms with Gasteiger partial charge in [-0.3, -0.25) is 4.79 Å². The first-order valence-corrected chi connectivity index (χ1v) is 11.6. The van der Waals surface area contributed by atoms with Gasteiger partial charge >= 0.3 is 11.9 Å². The number of carbonyl (C=O) groups excluding carboxylic acids is 2. The van der Waals surface area contributed by atoms with Crippen LogP contribution in [0.5, 0.6) is 5.75 Å². The van der Waals surface area contributed by atoms with Gasteiger partial charge in [0.2, 0.25) is 0 Å². The number of hydrogen-bond acceptors (Lipinski definition) is 6. The molecule has 0 aliphatic carbocycles. The molecule has 5 nitrogen and oxygen atoms in total. The second-order valence-corrected chi connectivity index (χ2v) is 9.37. The van der Waals surface area contributed by atoms with Crippen LogP contribution >= 0.6 is 27.7 Å². The Balaban J connectivity index is 1.51. The van der Waals surface area contributed by atoms with Gasteiger partial charge in [-0.25, -0.2) is 4.79 Å². The monoisotopic (exact) mass is 512 g/mol. The molecule has 0 spiro atoms. The third-order valence-electron chi connectivity index (χ3n) is 5.22. The molecule has 0 aromatic heterocycles. The quantitative estimate of drug-likeness (QED) is 0.372. The molecule has 164 valence electrons. The van der Waals surface area contributed by atoms with Crippen LogP contribution in [-0.2, 0) is 19.1 Å². The Kier molecular flexibility index (Phi) is 6.58. The van der Waals surface area contributed by atoms with Crippen LogP contribution in [0.2, 0.25) is 0 Å². The maximum atomic E-state index is 12.9. The standard InChI is InChI=1S/C25H21BrO5S/c1-14-4-10-20(11-5-14)32-22-21(26)24(28)31-25(22)30-23(27)15(2)16-6-7-18-13-19(29-3)9-8-17(18)12-16/h4-13,15,25H,1-3H3/t15-,25+/m0/s1. The molecule has 2 atom stereocenters. The first kappa shape index (κ1) is 22.4. The Bertz CT molecular complexity index is 1220. The van der Waals surface area contributed by atoms with Crippen molar-refractivity contribution in [1.82, 2.24) is 0 Å². The fraction of sp³-hybridized carbons (Fsp3) is 0.200. The van der Waals surface area contributed by atoms with Crippen molar-refractivity contribution in [3.05, 3.63) is 81.2 Å². The second kappa shape index (κ2) is 9.38. The lowest BCUT2D eigenvalue weighted by molar-refractivity contribution is -0.174. The van der Waals surface area contributed by atoms with E-state index < -0.39 is 24.1 Å². The predicted octanol–water partition coefficient (Wildman–Crippen LogP) is 6.09. The number of ether oxygens (including phenoxy) is 3. The van der Waals surface area contributed by atoms with Crippen LogP contribution in [0.15, 0.2) is 74.9 Å². The largest absolute Gasteiger partial charge is 0.497 e. The molecule has 3 aromatic rings. The molecule has 0 amide bonds. The fourth-order valence-corrected chi connectivity index (χ4v) is 4.71. The molecule has 7 heteroatoms. The summed E-state index contributed by atoms with van der Waals surface area (Å²) >= 11 is 4.61. The molecule has 4 rings (SSSR count). The Morgan fingerprint density at radius 1 is 1.06 bits per heavy atom. The van der Waals surface area contributed by atoms with E-state index in [4.69, 9.17) is 14.2 Å². The zero-order valence-electron chi connectivity index (χ0n) is 17.8. The van der Waals surface area contributed by atoms with Crippen LogP contribution in [0.25, 0.3) is 10.8 Å². The number of methoxy groups -OCH3 is 1. The van der Waals surface area contributed by atoms with Crippen molar-refractivity contribution in [1.29, 1.82) is 0 Å².